The molecule has 3 rings (SSSR count). The van der Waals surface area contributed by atoms with E-state index in [0.29, 0.717) is 28.3 Å². The highest BCUT2D eigenvalue weighted by molar-refractivity contribution is 6.03. The van der Waals surface area contributed by atoms with E-state index in [1.54, 1.807) is 27.9 Å². The van der Waals surface area contributed by atoms with Crippen molar-refractivity contribution in [2.45, 2.75) is 26.9 Å². The molecule has 1 aromatic heterocycles. The van der Waals surface area contributed by atoms with Crippen molar-refractivity contribution >= 4 is 22.5 Å². The molecule has 0 fully saturated rings. The van der Waals surface area contributed by atoms with Gasteiger partial charge in [-0.2, -0.15) is 0 Å². The number of ether oxygens (including phenoxy) is 3. The van der Waals surface area contributed by atoms with Gasteiger partial charge in [0.1, 0.15) is 11.5 Å². The van der Waals surface area contributed by atoms with E-state index in [9.17, 15) is 9.59 Å². The molecule has 0 aliphatic carbocycles. The fraction of sp³-hybridized carbons (Fsp3) is 0.273. The first-order chi connectivity index (χ1) is 13.3. The number of methoxy groups -OCH3 is 2. The smallest absolute Gasteiger partial charge is 0.339 e. The number of H-pyrrole nitrogens is 1. The summed E-state index contributed by atoms with van der Waals surface area (Å²) in [4.78, 5) is 27.8. The molecular formula is C22H23NO5. The normalized spacial score (nSPS) is 11.9. The number of hydrogen-bond acceptors (Lipinski definition) is 5. The van der Waals surface area contributed by atoms with Crippen LogP contribution in [0, 0.1) is 13.8 Å². The molecule has 0 aliphatic heterocycles. The standard InChI is InChI=1S/C22H23NO5/c1-12-19(22(25)27-5)13(2)23-20(12)21(24)14(3)28-18-9-7-15-6-8-17(26-4)10-16(15)11-18/h6-11,14,23H,1-5H3/t14-/m1/s1. The Morgan fingerprint density at radius 3 is 2.25 bits per heavy atom. The van der Waals surface area contributed by atoms with E-state index in [-0.39, 0.29) is 5.78 Å². The van der Waals surface area contributed by atoms with Crippen LogP contribution < -0.4 is 9.47 Å². The van der Waals surface area contributed by atoms with Gasteiger partial charge < -0.3 is 19.2 Å². The molecule has 0 amide bonds. The summed E-state index contributed by atoms with van der Waals surface area (Å²) in [7, 11) is 2.93. The minimum atomic E-state index is -0.731. The average molecular weight is 381 g/mol. The maximum atomic E-state index is 12.9. The molecule has 1 heterocycles. The second-order valence-electron chi connectivity index (χ2n) is 6.62. The summed E-state index contributed by atoms with van der Waals surface area (Å²) in [5, 5.41) is 2.00. The van der Waals surface area contributed by atoms with Crippen molar-refractivity contribution in [3.63, 3.8) is 0 Å². The summed E-state index contributed by atoms with van der Waals surface area (Å²) in [6, 6.07) is 11.4. The summed E-state index contributed by atoms with van der Waals surface area (Å²) in [6.45, 7) is 5.14. The van der Waals surface area contributed by atoms with E-state index in [0.717, 1.165) is 16.5 Å². The highest BCUT2D eigenvalue weighted by atomic mass is 16.5. The third-order valence-corrected chi connectivity index (χ3v) is 4.77. The summed E-state index contributed by atoms with van der Waals surface area (Å²) in [5.41, 5.74) is 1.90. The molecule has 0 bridgehead atoms. The fourth-order valence-electron chi connectivity index (χ4n) is 3.27. The lowest BCUT2D eigenvalue weighted by molar-refractivity contribution is 0.0599. The molecule has 0 saturated carbocycles. The van der Waals surface area contributed by atoms with Crippen LogP contribution in [0.15, 0.2) is 36.4 Å². The molecule has 2 aromatic carbocycles. The van der Waals surface area contributed by atoms with Crippen LogP contribution in [0.5, 0.6) is 11.5 Å². The van der Waals surface area contributed by atoms with Gasteiger partial charge in [-0.3, -0.25) is 4.79 Å². The number of ketones is 1. The van der Waals surface area contributed by atoms with Gasteiger partial charge in [0, 0.05) is 5.69 Å². The lowest BCUT2D eigenvalue weighted by Crippen LogP contribution is -2.25. The number of Topliss-reactive ketones (excluding diaryl/α,β-unsaturated/α-hetero) is 1. The number of rotatable bonds is 6. The van der Waals surface area contributed by atoms with Crippen molar-refractivity contribution in [3.05, 3.63) is 58.9 Å². The minimum Gasteiger partial charge on any atom is -0.497 e. The van der Waals surface area contributed by atoms with Gasteiger partial charge in [-0.25, -0.2) is 4.79 Å². The van der Waals surface area contributed by atoms with E-state index in [4.69, 9.17) is 14.2 Å². The summed E-state index contributed by atoms with van der Waals surface area (Å²) in [6.07, 6.45) is -0.731. The van der Waals surface area contributed by atoms with Crippen LogP contribution in [-0.2, 0) is 4.74 Å². The van der Waals surface area contributed by atoms with Crippen LogP contribution in [0.1, 0.15) is 39.0 Å². The molecule has 1 atom stereocenters. The van der Waals surface area contributed by atoms with Crippen LogP contribution in [0.4, 0.5) is 0 Å². The Kier molecular flexibility index (Phi) is 5.40. The first kappa shape index (κ1) is 19.5. The molecule has 0 unspecified atom stereocenters. The van der Waals surface area contributed by atoms with E-state index >= 15 is 0 Å². The second kappa shape index (κ2) is 7.76. The van der Waals surface area contributed by atoms with Crippen LogP contribution in [0.3, 0.4) is 0 Å². The van der Waals surface area contributed by atoms with Crippen molar-refractivity contribution in [1.82, 2.24) is 4.98 Å². The lowest BCUT2D eigenvalue weighted by atomic mass is 10.1. The van der Waals surface area contributed by atoms with E-state index < -0.39 is 12.1 Å². The monoisotopic (exact) mass is 381 g/mol. The molecule has 6 heteroatoms. The number of benzene rings is 2. The Labute approximate surface area is 163 Å². The Bertz CT molecular complexity index is 1050. The largest absolute Gasteiger partial charge is 0.497 e. The topological polar surface area (TPSA) is 77.6 Å². The molecule has 0 saturated heterocycles. The molecule has 146 valence electrons. The minimum absolute atomic E-state index is 0.235. The van der Waals surface area contributed by atoms with E-state index in [1.165, 1.54) is 7.11 Å². The lowest BCUT2D eigenvalue weighted by Gasteiger charge is -2.14. The predicted molar refractivity (Wildman–Crippen MR) is 107 cm³/mol. The SMILES string of the molecule is COC(=O)c1c(C)[nH]c(C(=O)[C@@H](C)Oc2ccc3ccc(OC)cc3c2)c1C. The Hall–Kier alpha value is -3.28. The van der Waals surface area contributed by atoms with E-state index in [2.05, 4.69) is 4.98 Å². The highest BCUT2D eigenvalue weighted by Crippen LogP contribution is 2.26. The number of fused-ring (bicyclic) bond motifs is 1. The number of esters is 1. The maximum Gasteiger partial charge on any atom is 0.339 e. The maximum absolute atomic E-state index is 12.9. The van der Waals surface area contributed by atoms with Gasteiger partial charge in [0.05, 0.1) is 25.5 Å². The third-order valence-electron chi connectivity index (χ3n) is 4.77. The van der Waals surface area contributed by atoms with Crippen LogP contribution >= 0.6 is 0 Å². The van der Waals surface area contributed by atoms with E-state index in [1.807, 2.05) is 36.4 Å². The Balaban J connectivity index is 1.85. The van der Waals surface area contributed by atoms with Crippen LogP contribution in [0.2, 0.25) is 0 Å². The van der Waals surface area contributed by atoms with Gasteiger partial charge in [0.2, 0.25) is 5.78 Å². The second-order valence-corrected chi connectivity index (χ2v) is 6.62. The van der Waals surface area contributed by atoms with Gasteiger partial charge >= 0.3 is 5.97 Å². The van der Waals surface area contributed by atoms with Gasteiger partial charge in [0.25, 0.3) is 0 Å². The summed E-state index contributed by atoms with van der Waals surface area (Å²) in [5.74, 6) is 0.626. The van der Waals surface area contributed by atoms with Crippen LogP contribution in [0.25, 0.3) is 10.8 Å². The zero-order valence-electron chi connectivity index (χ0n) is 16.6. The highest BCUT2D eigenvalue weighted by Gasteiger charge is 2.26. The number of nitrogens with one attached hydrogen (secondary N) is 1. The number of aryl methyl sites for hydroxylation is 1. The first-order valence-electron chi connectivity index (χ1n) is 8.91. The molecule has 28 heavy (non-hydrogen) atoms. The third kappa shape index (κ3) is 3.58. The molecule has 6 nitrogen and oxygen atoms in total. The summed E-state index contributed by atoms with van der Waals surface area (Å²) < 4.78 is 15.9. The zero-order chi connectivity index (χ0) is 20.4. The van der Waals surface area contributed by atoms with Gasteiger partial charge in [-0.15, -0.1) is 0 Å². The van der Waals surface area contributed by atoms with Crippen molar-refractivity contribution < 1.29 is 23.8 Å². The number of aromatic nitrogens is 1. The first-order valence-corrected chi connectivity index (χ1v) is 8.91. The number of carbonyl (C=O) groups is 2. The number of aromatic amines is 1. The molecule has 1 N–H and O–H groups in total. The molecule has 0 aliphatic rings. The number of carbonyl (C=O) groups excluding carboxylic acids is 2. The van der Waals surface area contributed by atoms with Crippen LogP contribution in [-0.4, -0.2) is 37.1 Å². The molecule has 0 spiro atoms. The Morgan fingerprint density at radius 1 is 0.964 bits per heavy atom. The quantitative estimate of drug-likeness (QED) is 0.511. The predicted octanol–water partition coefficient (Wildman–Crippen LogP) is 4.23. The van der Waals surface area contributed by atoms with Crippen molar-refractivity contribution in [3.8, 4) is 11.5 Å². The number of hydrogen-bond donors (Lipinski definition) is 1. The van der Waals surface area contributed by atoms with Gasteiger partial charge in [0.15, 0.2) is 6.10 Å². The van der Waals surface area contributed by atoms with Gasteiger partial charge in [-0.1, -0.05) is 12.1 Å². The fourth-order valence-corrected chi connectivity index (χ4v) is 3.27. The molecular weight excluding hydrogens is 358 g/mol. The Morgan fingerprint density at radius 2 is 1.61 bits per heavy atom. The molecule has 3 aromatic rings. The summed E-state index contributed by atoms with van der Waals surface area (Å²) >= 11 is 0. The van der Waals surface area contributed by atoms with Crippen molar-refractivity contribution in [2.24, 2.45) is 0 Å². The van der Waals surface area contributed by atoms with Gasteiger partial charge in [-0.05, 0) is 61.4 Å². The zero-order valence-corrected chi connectivity index (χ0v) is 16.6. The average Bonchev–Trinajstić information content (AvgIpc) is 3.00. The van der Waals surface area contributed by atoms with Crippen molar-refractivity contribution in [2.75, 3.05) is 14.2 Å². The molecule has 0 radical (unpaired) electrons. The van der Waals surface area contributed by atoms with Crippen molar-refractivity contribution in [1.29, 1.82) is 0 Å².